The lowest BCUT2D eigenvalue weighted by molar-refractivity contribution is -0.139. The number of carbonyl (C=O) groups is 2. The van der Waals surface area contributed by atoms with Crippen LogP contribution in [0.1, 0.15) is 5.56 Å². The highest BCUT2D eigenvalue weighted by Crippen LogP contribution is 2.34. The third-order valence-corrected chi connectivity index (χ3v) is 4.57. The molecule has 1 N–H and O–H groups in total. The van der Waals surface area contributed by atoms with Crippen LogP contribution < -0.4 is 4.74 Å². The minimum atomic E-state index is -1.07. The summed E-state index contributed by atoms with van der Waals surface area (Å²) in [5.41, 5.74) is 0.611. The van der Waals surface area contributed by atoms with Gasteiger partial charge in [0.05, 0.1) is 4.91 Å². The number of amides is 1. The van der Waals surface area contributed by atoms with Crippen molar-refractivity contribution in [2.24, 2.45) is 0 Å². The van der Waals surface area contributed by atoms with Gasteiger partial charge < -0.3 is 9.84 Å². The highest BCUT2D eigenvalue weighted by molar-refractivity contribution is 9.10. The van der Waals surface area contributed by atoms with Gasteiger partial charge in [0, 0.05) is 17.1 Å². The summed E-state index contributed by atoms with van der Waals surface area (Å²) in [6.07, 6.45) is 1.64. The molecule has 8 heteroatoms. The van der Waals surface area contributed by atoms with Gasteiger partial charge in [0.25, 0.3) is 5.91 Å². The molecule has 0 aliphatic carbocycles. The van der Waals surface area contributed by atoms with Crippen molar-refractivity contribution in [3.8, 4) is 5.75 Å². The smallest absolute Gasteiger partial charge is 0.341 e. The van der Waals surface area contributed by atoms with Gasteiger partial charge >= 0.3 is 5.97 Å². The number of thiocarbonyl (C=S) groups is 1. The van der Waals surface area contributed by atoms with Crippen molar-refractivity contribution in [1.82, 2.24) is 4.90 Å². The molecule has 0 spiro atoms. The van der Waals surface area contributed by atoms with E-state index in [1.807, 2.05) is 0 Å². The molecular weight excluding hydrogens is 378 g/mol. The molecule has 1 aromatic rings. The lowest BCUT2D eigenvalue weighted by atomic mass is 10.2. The molecule has 1 aromatic carbocycles. The van der Waals surface area contributed by atoms with Gasteiger partial charge in [-0.2, -0.15) is 0 Å². The normalized spacial score (nSPS) is 16.7. The van der Waals surface area contributed by atoms with Crippen molar-refractivity contribution in [1.29, 1.82) is 0 Å². The Bertz CT molecular complexity index is 660. The van der Waals surface area contributed by atoms with Gasteiger partial charge in [-0.1, -0.05) is 39.9 Å². The number of hydrogen-bond donors (Lipinski definition) is 1. The van der Waals surface area contributed by atoms with Gasteiger partial charge in [0.15, 0.2) is 6.61 Å². The van der Waals surface area contributed by atoms with Gasteiger partial charge in [-0.15, -0.1) is 0 Å². The predicted octanol–water partition coefficient (Wildman–Crippen LogP) is 2.74. The van der Waals surface area contributed by atoms with Crippen LogP contribution in [0.3, 0.4) is 0 Å². The van der Waals surface area contributed by atoms with E-state index < -0.39 is 12.6 Å². The van der Waals surface area contributed by atoms with E-state index in [1.54, 1.807) is 31.3 Å². The van der Waals surface area contributed by atoms with Gasteiger partial charge in [-0.05, 0) is 24.3 Å². The molecule has 1 heterocycles. The Morgan fingerprint density at radius 1 is 1.57 bits per heavy atom. The predicted molar refractivity (Wildman–Crippen MR) is 88.2 cm³/mol. The Morgan fingerprint density at radius 3 is 2.86 bits per heavy atom. The Morgan fingerprint density at radius 2 is 2.29 bits per heavy atom. The monoisotopic (exact) mass is 387 g/mol. The van der Waals surface area contributed by atoms with Gasteiger partial charge in [-0.25, -0.2) is 4.79 Å². The summed E-state index contributed by atoms with van der Waals surface area (Å²) < 4.78 is 6.50. The van der Waals surface area contributed by atoms with Crippen LogP contribution in [0, 0.1) is 0 Å². The van der Waals surface area contributed by atoms with E-state index in [0.717, 1.165) is 4.47 Å². The SMILES string of the molecule is CN1C(=O)/C(=C\c2cc(Br)ccc2OCC(=O)O)SC1=S. The number of rotatable bonds is 4. The number of hydrogen-bond acceptors (Lipinski definition) is 5. The van der Waals surface area contributed by atoms with Crippen LogP contribution in [0.15, 0.2) is 27.6 Å². The number of nitrogens with zero attached hydrogens (tertiary/aromatic N) is 1. The number of thioether (sulfide) groups is 1. The first-order valence-electron chi connectivity index (χ1n) is 5.74. The molecule has 1 amide bonds. The second-order valence-corrected chi connectivity index (χ2v) is 6.70. The lowest BCUT2D eigenvalue weighted by Crippen LogP contribution is -2.22. The van der Waals surface area contributed by atoms with E-state index in [9.17, 15) is 9.59 Å². The summed E-state index contributed by atoms with van der Waals surface area (Å²) in [5, 5.41) is 8.68. The maximum Gasteiger partial charge on any atom is 0.341 e. The fraction of sp³-hybridized carbons (Fsp3) is 0.154. The molecule has 0 atom stereocenters. The number of halogens is 1. The Hall–Kier alpha value is -1.38. The first-order chi connectivity index (χ1) is 9.88. The summed E-state index contributed by atoms with van der Waals surface area (Å²) in [6, 6.07) is 5.13. The second kappa shape index (κ2) is 6.59. The molecule has 21 heavy (non-hydrogen) atoms. The van der Waals surface area contributed by atoms with E-state index in [0.29, 0.717) is 20.5 Å². The average Bonchev–Trinajstić information content (AvgIpc) is 2.65. The third-order valence-electron chi connectivity index (χ3n) is 2.60. The van der Waals surface area contributed by atoms with E-state index in [-0.39, 0.29) is 5.91 Å². The van der Waals surface area contributed by atoms with Crippen LogP contribution >= 0.6 is 39.9 Å². The van der Waals surface area contributed by atoms with Crippen LogP contribution in [-0.4, -0.2) is 39.9 Å². The first-order valence-corrected chi connectivity index (χ1v) is 7.76. The number of benzene rings is 1. The summed E-state index contributed by atoms with van der Waals surface area (Å²) >= 11 is 9.60. The number of aliphatic carboxylic acids is 1. The standard InChI is InChI=1S/C13H10BrNO4S2/c1-15-12(18)10(21-13(15)20)5-7-4-8(14)2-3-9(7)19-6-11(16)17/h2-5H,6H2,1H3,(H,16,17)/b10-5+. The molecule has 0 saturated carbocycles. The maximum absolute atomic E-state index is 12.0. The largest absolute Gasteiger partial charge is 0.481 e. The molecule has 1 aliphatic heterocycles. The van der Waals surface area contributed by atoms with Crippen molar-refractivity contribution in [2.75, 3.05) is 13.7 Å². The van der Waals surface area contributed by atoms with Gasteiger partial charge in [-0.3, -0.25) is 9.69 Å². The molecule has 2 rings (SSSR count). The van der Waals surface area contributed by atoms with Crippen LogP contribution in [0.25, 0.3) is 6.08 Å². The summed E-state index contributed by atoms with van der Waals surface area (Å²) in [5.74, 6) is -0.861. The summed E-state index contributed by atoms with van der Waals surface area (Å²) in [4.78, 5) is 24.5. The van der Waals surface area contributed by atoms with Crippen LogP contribution in [0.5, 0.6) is 5.75 Å². The minimum Gasteiger partial charge on any atom is -0.481 e. The highest BCUT2D eigenvalue weighted by atomic mass is 79.9. The molecule has 0 bridgehead atoms. The fourth-order valence-corrected chi connectivity index (χ4v) is 3.14. The molecule has 0 aromatic heterocycles. The highest BCUT2D eigenvalue weighted by Gasteiger charge is 2.28. The maximum atomic E-state index is 12.0. The zero-order valence-electron chi connectivity index (χ0n) is 10.8. The fourth-order valence-electron chi connectivity index (χ4n) is 1.59. The van der Waals surface area contributed by atoms with Crippen molar-refractivity contribution < 1.29 is 19.4 Å². The van der Waals surface area contributed by atoms with Crippen molar-refractivity contribution in [3.63, 3.8) is 0 Å². The zero-order valence-corrected chi connectivity index (χ0v) is 14.0. The number of carboxylic acid groups (broad SMARTS) is 1. The first kappa shape index (κ1) is 16.0. The van der Waals surface area contributed by atoms with Crippen molar-refractivity contribution in [3.05, 3.63) is 33.1 Å². The number of carboxylic acids is 1. The van der Waals surface area contributed by atoms with Crippen LogP contribution in [-0.2, 0) is 9.59 Å². The minimum absolute atomic E-state index is 0.186. The molecule has 1 fully saturated rings. The third kappa shape index (κ3) is 3.84. The Kier molecular flexibility index (Phi) is 5.02. The quantitative estimate of drug-likeness (QED) is 0.632. The summed E-state index contributed by atoms with van der Waals surface area (Å²) in [6.45, 7) is -0.447. The van der Waals surface area contributed by atoms with Crippen molar-refractivity contribution >= 4 is 62.2 Å². The number of carbonyl (C=O) groups excluding carboxylic acids is 1. The van der Waals surface area contributed by atoms with E-state index in [4.69, 9.17) is 22.1 Å². The average molecular weight is 388 g/mol. The van der Waals surface area contributed by atoms with E-state index in [2.05, 4.69) is 15.9 Å². The van der Waals surface area contributed by atoms with E-state index >= 15 is 0 Å². The Labute approximate surface area is 139 Å². The number of likely N-dealkylation sites (N-methyl/N-ethyl adjacent to an activating group) is 1. The van der Waals surface area contributed by atoms with Crippen LogP contribution in [0.2, 0.25) is 0 Å². The molecule has 5 nitrogen and oxygen atoms in total. The topological polar surface area (TPSA) is 66.8 Å². The van der Waals surface area contributed by atoms with Crippen molar-refractivity contribution in [2.45, 2.75) is 0 Å². The second-order valence-electron chi connectivity index (χ2n) is 4.11. The molecule has 1 aliphatic rings. The van der Waals surface area contributed by atoms with Gasteiger partial charge in [0.1, 0.15) is 10.1 Å². The zero-order chi connectivity index (χ0) is 15.6. The van der Waals surface area contributed by atoms with E-state index in [1.165, 1.54) is 16.7 Å². The number of ether oxygens (including phenoxy) is 1. The molecule has 110 valence electrons. The summed E-state index contributed by atoms with van der Waals surface area (Å²) in [7, 11) is 1.61. The molecule has 1 saturated heterocycles. The van der Waals surface area contributed by atoms with Crippen LogP contribution in [0.4, 0.5) is 0 Å². The lowest BCUT2D eigenvalue weighted by Gasteiger charge is -2.08. The Balaban J connectivity index is 2.34. The van der Waals surface area contributed by atoms with Gasteiger partial charge in [0.2, 0.25) is 0 Å². The molecule has 0 unspecified atom stereocenters. The molecule has 0 radical (unpaired) electrons. The molecular formula is C13H10BrNO4S2.